The Bertz CT molecular complexity index is 738. The summed E-state index contributed by atoms with van der Waals surface area (Å²) in [6, 6.07) is 5.64. The van der Waals surface area contributed by atoms with E-state index in [1.165, 1.54) is 19.3 Å². The highest BCUT2D eigenvalue weighted by Crippen LogP contribution is 2.29. The van der Waals surface area contributed by atoms with Crippen LogP contribution in [0.5, 0.6) is 11.5 Å². The summed E-state index contributed by atoms with van der Waals surface area (Å²) in [6.07, 6.45) is 6.76. The minimum atomic E-state index is -0.0423. The van der Waals surface area contributed by atoms with Crippen molar-refractivity contribution in [1.29, 1.82) is 0 Å². The number of nitrogens with one attached hydrogen (secondary N) is 1. The number of piperazine rings is 1. The monoisotopic (exact) mass is 431 g/mol. The molecule has 1 aliphatic carbocycles. The van der Waals surface area contributed by atoms with Crippen LogP contribution in [0.1, 0.15) is 62.7 Å². The number of carbonyl (C=O) groups excluding carboxylic acids is 2. The van der Waals surface area contributed by atoms with Crippen molar-refractivity contribution in [3.63, 3.8) is 0 Å². The summed E-state index contributed by atoms with van der Waals surface area (Å²) in [5.41, 5.74) is 0.577. The van der Waals surface area contributed by atoms with Gasteiger partial charge in [-0.05, 0) is 43.4 Å². The maximum absolute atomic E-state index is 13.0. The van der Waals surface area contributed by atoms with Crippen LogP contribution < -0.4 is 14.8 Å². The number of hydrogen-bond donors (Lipinski definition) is 1. The standard InChI is InChI=1S/C24H37N3O4/c1-18(2)11-16-31-21-10-9-19(17-22(21)30-3)23(28)26-12-14-27(15-13-26)24(29)25-20-7-5-4-6-8-20/h9-10,17-18,20H,4-8,11-16H2,1-3H3,(H,25,29). The van der Waals surface area contributed by atoms with Gasteiger partial charge in [-0.2, -0.15) is 0 Å². The van der Waals surface area contributed by atoms with Crippen LogP contribution in [0.25, 0.3) is 0 Å². The number of benzene rings is 1. The second kappa shape index (κ2) is 11.3. The Hall–Kier alpha value is -2.44. The number of methoxy groups -OCH3 is 1. The highest BCUT2D eigenvalue weighted by Gasteiger charge is 2.27. The number of urea groups is 1. The highest BCUT2D eigenvalue weighted by molar-refractivity contribution is 5.95. The molecular weight excluding hydrogens is 394 g/mol. The summed E-state index contributed by atoms with van der Waals surface area (Å²) in [6.45, 7) is 7.10. The van der Waals surface area contributed by atoms with Gasteiger partial charge in [0.15, 0.2) is 11.5 Å². The zero-order valence-corrected chi connectivity index (χ0v) is 19.2. The molecule has 172 valence electrons. The molecule has 0 radical (unpaired) electrons. The molecule has 1 aliphatic heterocycles. The third-order valence-corrected chi connectivity index (χ3v) is 6.15. The largest absolute Gasteiger partial charge is 0.493 e. The van der Waals surface area contributed by atoms with Gasteiger partial charge in [0, 0.05) is 37.8 Å². The number of carbonyl (C=O) groups is 2. The van der Waals surface area contributed by atoms with Crippen LogP contribution in [-0.4, -0.2) is 67.7 Å². The minimum absolute atomic E-state index is 0.00330. The lowest BCUT2D eigenvalue weighted by molar-refractivity contribution is 0.0662. The van der Waals surface area contributed by atoms with E-state index in [1.807, 2.05) is 4.90 Å². The van der Waals surface area contributed by atoms with Gasteiger partial charge >= 0.3 is 6.03 Å². The summed E-state index contributed by atoms with van der Waals surface area (Å²) in [4.78, 5) is 29.2. The van der Waals surface area contributed by atoms with Gasteiger partial charge in [-0.25, -0.2) is 4.79 Å². The van der Waals surface area contributed by atoms with Crippen LogP contribution in [-0.2, 0) is 0 Å². The lowest BCUT2D eigenvalue weighted by atomic mass is 9.96. The van der Waals surface area contributed by atoms with Gasteiger partial charge in [0.05, 0.1) is 13.7 Å². The summed E-state index contributed by atoms with van der Waals surface area (Å²) in [5.74, 6) is 1.75. The molecule has 0 unspecified atom stereocenters. The van der Waals surface area contributed by atoms with Gasteiger partial charge in [-0.3, -0.25) is 4.79 Å². The molecule has 2 fully saturated rings. The molecule has 2 aliphatic rings. The molecule has 7 nitrogen and oxygen atoms in total. The van der Waals surface area contributed by atoms with Crippen molar-refractivity contribution in [1.82, 2.24) is 15.1 Å². The van der Waals surface area contributed by atoms with Gasteiger partial charge in [-0.15, -0.1) is 0 Å². The second-order valence-electron chi connectivity index (χ2n) is 8.96. The molecule has 0 bridgehead atoms. The molecule has 1 N–H and O–H groups in total. The third kappa shape index (κ3) is 6.52. The van der Waals surface area contributed by atoms with Gasteiger partial charge in [0.1, 0.15) is 0 Å². The van der Waals surface area contributed by atoms with Crippen LogP contribution in [0.3, 0.4) is 0 Å². The van der Waals surface area contributed by atoms with Crippen LogP contribution in [0.15, 0.2) is 18.2 Å². The Morgan fingerprint density at radius 2 is 1.71 bits per heavy atom. The molecule has 3 amide bonds. The van der Waals surface area contributed by atoms with Gasteiger partial charge in [0.2, 0.25) is 0 Å². The lowest BCUT2D eigenvalue weighted by Gasteiger charge is -2.36. The van der Waals surface area contributed by atoms with Crippen molar-refractivity contribution in [2.75, 3.05) is 39.9 Å². The Morgan fingerprint density at radius 3 is 2.35 bits per heavy atom. The van der Waals surface area contributed by atoms with Crippen molar-refractivity contribution in [2.45, 2.75) is 58.4 Å². The third-order valence-electron chi connectivity index (χ3n) is 6.15. The van der Waals surface area contributed by atoms with Crippen LogP contribution in [0.2, 0.25) is 0 Å². The van der Waals surface area contributed by atoms with Gasteiger partial charge in [0.25, 0.3) is 5.91 Å². The predicted octanol–water partition coefficient (Wildman–Crippen LogP) is 3.92. The fourth-order valence-corrected chi connectivity index (χ4v) is 4.13. The molecule has 31 heavy (non-hydrogen) atoms. The number of ether oxygens (including phenoxy) is 2. The van der Waals surface area contributed by atoms with E-state index >= 15 is 0 Å². The van der Waals surface area contributed by atoms with Crippen molar-refractivity contribution in [3.8, 4) is 11.5 Å². The first-order valence-corrected chi connectivity index (χ1v) is 11.6. The number of nitrogens with zero attached hydrogens (tertiary/aromatic N) is 2. The van der Waals surface area contributed by atoms with Gasteiger partial charge in [-0.1, -0.05) is 33.1 Å². The maximum Gasteiger partial charge on any atom is 0.317 e. The van der Waals surface area contributed by atoms with E-state index in [2.05, 4.69) is 19.2 Å². The number of hydrogen-bond acceptors (Lipinski definition) is 4. The minimum Gasteiger partial charge on any atom is -0.493 e. The fraction of sp³-hybridized carbons (Fsp3) is 0.667. The summed E-state index contributed by atoms with van der Waals surface area (Å²) in [5, 5.41) is 3.16. The fourth-order valence-electron chi connectivity index (χ4n) is 4.13. The van der Waals surface area contributed by atoms with E-state index in [-0.39, 0.29) is 11.9 Å². The molecular formula is C24H37N3O4. The Labute approximate surface area is 186 Å². The molecule has 1 aromatic carbocycles. The first-order chi connectivity index (χ1) is 15.0. The van der Waals surface area contributed by atoms with E-state index in [1.54, 1.807) is 30.2 Å². The Kier molecular flexibility index (Phi) is 8.43. The van der Waals surface area contributed by atoms with E-state index in [4.69, 9.17) is 9.47 Å². The molecule has 1 saturated carbocycles. The van der Waals surface area contributed by atoms with Crippen LogP contribution >= 0.6 is 0 Å². The van der Waals surface area contributed by atoms with Crippen molar-refractivity contribution in [3.05, 3.63) is 23.8 Å². The second-order valence-corrected chi connectivity index (χ2v) is 8.96. The summed E-state index contributed by atoms with van der Waals surface area (Å²) >= 11 is 0. The first-order valence-electron chi connectivity index (χ1n) is 11.6. The molecule has 0 atom stereocenters. The average molecular weight is 432 g/mol. The molecule has 1 saturated heterocycles. The van der Waals surface area contributed by atoms with Crippen molar-refractivity contribution >= 4 is 11.9 Å². The van der Waals surface area contributed by atoms with E-state index in [0.717, 1.165) is 19.3 Å². The maximum atomic E-state index is 13.0. The molecule has 0 spiro atoms. The zero-order chi connectivity index (χ0) is 22.2. The smallest absolute Gasteiger partial charge is 0.317 e. The summed E-state index contributed by atoms with van der Waals surface area (Å²) in [7, 11) is 1.59. The van der Waals surface area contributed by atoms with E-state index < -0.39 is 0 Å². The highest BCUT2D eigenvalue weighted by atomic mass is 16.5. The van der Waals surface area contributed by atoms with E-state index in [0.29, 0.717) is 61.8 Å². The predicted molar refractivity (Wildman–Crippen MR) is 121 cm³/mol. The quantitative estimate of drug-likeness (QED) is 0.710. The molecule has 1 aromatic rings. The Morgan fingerprint density at radius 1 is 1.03 bits per heavy atom. The van der Waals surface area contributed by atoms with E-state index in [9.17, 15) is 9.59 Å². The molecule has 7 heteroatoms. The lowest BCUT2D eigenvalue weighted by Crippen LogP contribution is -2.54. The van der Waals surface area contributed by atoms with Crippen LogP contribution in [0.4, 0.5) is 4.79 Å². The van der Waals surface area contributed by atoms with Gasteiger partial charge < -0.3 is 24.6 Å². The zero-order valence-electron chi connectivity index (χ0n) is 19.2. The van der Waals surface area contributed by atoms with Crippen molar-refractivity contribution < 1.29 is 19.1 Å². The van der Waals surface area contributed by atoms with Crippen molar-refractivity contribution in [2.24, 2.45) is 5.92 Å². The Balaban J connectivity index is 1.52. The molecule has 1 heterocycles. The normalized spacial score (nSPS) is 17.5. The first kappa shape index (κ1) is 23.2. The van der Waals surface area contributed by atoms with Crippen LogP contribution in [0, 0.1) is 5.92 Å². The number of rotatable bonds is 7. The molecule has 0 aromatic heterocycles. The SMILES string of the molecule is COc1cc(C(=O)N2CCN(C(=O)NC3CCCCC3)CC2)ccc1OCCC(C)C. The number of amides is 3. The average Bonchev–Trinajstić information content (AvgIpc) is 2.79. The molecule has 3 rings (SSSR count). The topological polar surface area (TPSA) is 71.1 Å². The summed E-state index contributed by atoms with van der Waals surface area (Å²) < 4.78 is 11.3.